The number of fused-ring (bicyclic) bond motifs is 1. The molecule has 3 heterocycles. The highest BCUT2D eigenvalue weighted by Crippen LogP contribution is 2.16. The van der Waals surface area contributed by atoms with Crippen LogP contribution in [0.5, 0.6) is 0 Å². The molecule has 1 atom stereocenters. The quantitative estimate of drug-likeness (QED) is 0.735. The molecule has 0 unspecified atom stereocenters. The van der Waals surface area contributed by atoms with Crippen molar-refractivity contribution in [2.75, 3.05) is 18.0 Å². The van der Waals surface area contributed by atoms with Gasteiger partial charge in [0.05, 0.1) is 11.7 Å². The molecule has 1 aromatic carbocycles. The van der Waals surface area contributed by atoms with E-state index in [4.69, 9.17) is 0 Å². The third-order valence-electron chi connectivity index (χ3n) is 4.76. The molecule has 1 aliphatic heterocycles. The van der Waals surface area contributed by atoms with Crippen molar-refractivity contribution >= 4 is 22.6 Å². The minimum absolute atomic E-state index is 0.0250. The number of nitrogens with one attached hydrogen (secondary N) is 2. The van der Waals surface area contributed by atoms with E-state index in [1.54, 1.807) is 31.7 Å². The molecule has 134 valence electrons. The van der Waals surface area contributed by atoms with E-state index in [9.17, 15) is 9.59 Å². The van der Waals surface area contributed by atoms with Crippen LogP contribution < -0.4 is 15.8 Å². The van der Waals surface area contributed by atoms with Crippen LogP contribution in [0.3, 0.4) is 0 Å². The summed E-state index contributed by atoms with van der Waals surface area (Å²) in [7, 11) is 1.71. The molecule has 8 nitrogen and oxygen atoms in total. The van der Waals surface area contributed by atoms with E-state index in [-0.39, 0.29) is 17.5 Å². The van der Waals surface area contributed by atoms with Crippen LogP contribution in [0, 0.1) is 0 Å². The van der Waals surface area contributed by atoms with Crippen LogP contribution in [-0.2, 0) is 7.05 Å². The van der Waals surface area contributed by atoms with Crippen molar-refractivity contribution in [2.24, 2.45) is 7.05 Å². The molecule has 1 amide bonds. The van der Waals surface area contributed by atoms with Gasteiger partial charge in [0, 0.05) is 49.5 Å². The van der Waals surface area contributed by atoms with E-state index in [0.29, 0.717) is 17.9 Å². The average molecular weight is 352 g/mol. The summed E-state index contributed by atoms with van der Waals surface area (Å²) in [6.07, 6.45) is 6.74. The second-order valence-electron chi connectivity index (χ2n) is 6.60. The summed E-state index contributed by atoms with van der Waals surface area (Å²) in [5.74, 6) is 0.322. The van der Waals surface area contributed by atoms with Gasteiger partial charge in [0.2, 0.25) is 0 Å². The van der Waals surface area contributed by atoms with Crippen molar-refractivity contribution in [3.8, 4) is 0 Å². The topological polar surface area (TPSA) is 95.9 Å². The van der Waals surface area contributed by atoms with E-state index in [2.05, 4.69) is 20.5 Å². The van der Waals surface area contributed by atoms with Crippen LogP contribution in [0.25, 0.3) is 10.9 Å². The zero-order valence-corrected chi connectivity index (χ0v) is 14.5. The van der Waals surface area contributed by atoms with Gasteiger partial charge in [0.25, 0.3) is 11.5 Å². The number of anilines is 1. The van der Waals surface area contributed by atoms with Crippen molar-refractivity contribution < 1.29 is 4.79 Å². The summed E-state index contributed by atoms with van der Waals surface area (Å²) in [6, 6.07) is 5.43. The SMILES string of the molecule is Cn1ccnc(N2CCC[C@H](NC(=O)c3ccc4[nH]ncc4c3)C2)c1=O. The number of H-pyrrole nitrogens is 1. The number of rotatable bonds is 3. The lowest BCUT2D eigenvalue weighted by Crippen LogP contribution is -2.49. The fraction of sp³-hybridized carbons (Fsp3) is 0.333. The molecule has 8 heteroatoms. The number of amides is 1. The molecule has 26 heavy (non-hydrogen) atoms. The number of benzene rings is 1. The number of piperidine rings is 1. The fourth-order valence-corrected chi connectivity index (χ4v) is 3.34. The Bertz CT molecular complexity index is 1010. The molecule has 0 bridgehead atoms. The number of carbonyl (C=O) groups excluding carboxylic acids is 1. The predicted molar refractivity (Wildman–Crippen MR) is 98.3 cm³/mol. The first kappa shape index (κ1) is 16.3. The molecule has 2 aromatic heterocycles. The van der Waals surface area contributed by atoms with E-state index in [1.165, 1.54) is 4.57 Å². The molecular weight excluding hydrogens is 332 g/mol. The smallest absolute Gasteiger partial charge is 0.293 e. The zero-order chi connectivity index (χ0) is 18.1. The molecule has 3 aromatic rings. The van der Waals surface area contributed by atoms with Crippen LogP contribution >= 0.6 is 0 Å². The number of aryl methyl sites for hydroxylation is 1. The van der Waals surface area contributed by atoms with Crippen molar-refractivity contribution in [2.45, 2.75) is 18.9 Å². The first-order valence-electron chi connectivity index (χ1n) is 8.62. The predicted octanol–water partition coefficient (Wildman–Crippen LogP) is 1.06. The average Bonchev–Trinajstić information content (AvgIpc) is 3.12. The van der Waals surface area contributed by atoms with Gasteiger partial charge in [-0.1, -0.05) is 0 Å². The Kier molecular flexibility index (Phi) is 4.16. The lowest BCUT2D eigenvalue weighted by atomic mass is 10.0. The van der Waals surface area contributed by atoms with Crippen molar-refractivity contribution in [3.05, 3.63) is 52.7 Å². The lowest BCUT2D eigenvalue weighted by Gasteiger charge is -2.33. The van der Waals surface area contributed by atoms with Gasteiger partial charge in [-0.3, -0.25) is 14.7 Å². The largest absolute Gasteiger partial charge is 0.350 e. The number of hydrogen-bond acceptors (Lipinski definition) is 5. The number of nitrogens with zero attached hydrogens (tertiary/aromatic N) is 4. The molecule has 0 radical (unpaired) electrons. The Morgan fingerprint density at radius 1 is 1.38 bits per heavy atom. The van der Waals surface area contributed by atoms with E-state index in [0.717, 1.165) is 30.3 Å². The summed E-state index contributed by atoms with van der Waals surface area (Å²) in [6.45, 7) is 1.34. The summed E-state index contributed by atoms with van der Waals surface area (Å²) in [5.41, 5.74) is 1.38. The molecular formula is C18H20N6O2. The minimum atomic E-state index is -0.120. The van der Waals surface area contributed by atoms with E-state index < -0.39 is 0 Å². The normalized spacial score (nSPS) is 17.4. The molecule has 0 spiro atoms. The van der Waals surface area contributed by atoms with Gasteiger partial charge >= 0.3 is 0 Å². The Labute approximate surface area is 149 Å². The van der Waals surface area contributed by atoms with Gasteiger partial charge in [-0.25, -0.2) is 4.98 Å². The van der Waals surface area contributed by atoms with Crippen molar-refractivity contribution in [1.29, 1.82) is 0 Å². The number of carbonyl (C=O) groups is 1. The Morgan fingerprint density at radius 3 is 3.15 bits per heavy atom. The van der Waals surface area contributed by atoms with Gasteiger partial charge < -0.3 is 14.8 Å². The molecule has 1 saturated heterocycles. The third-order valence-corrected chi connectivity index (χ3v) is 4.76. The Morgan fingerprint density at radius 2 is 2.27 bits per heavy atom. The first-order valence-corrected chi connectivity index (χ1v) is 8.62. The Hall–Kier alpha value is -3.16. The molecule has 2 N–H and O–H groups in total. The van der Waals surface area contributed by atoms with Gasteiger partial charge in [0.15, 0.2) is 5.82 Å². The highest BCUT2D eigenvalue weighted by molar-refractivity contribution is 5.98. The number of aromatic amines is 1. The molecule has 1 fully saturated rings. The molecule has 1 aliphatic rings. The van der Waals surface area contributed by atoms with Gasteiger partial charge in [-0.05, 0) is 31.0 Å². The number of aromatic nitrogens is 4. The summed E-state index contributed by atoms with van der Waals surface area (Å²) >= 11 is 0. The maximum Gasteiger partial charge on any atom is 0.293 e. The molecule has 0 saturated carbocycles. The monoisotopic (exact) mass is 352 g/mol. The molecule has 4 rings (SSSR count). The summed E-state index contributed by atoms with van der Waals surface area (Å²) in [5, 5.41) is 10.8. The van der Waals surface area contributed by atoms with Crippen LogP contribution in [0.4, 0.5) is 5.82 Å². The maximum atomic E-state index is 12.6. The van der Waals surface area contributed by atoms with Crippen LogP contribution in [0.1, 0.15) is 23.2 Å². The van der Waals surface area contributed by atoms with Gasteiger partial charge in [-0.2, -0.15) is 5.10 Å². The van der Waals surface area contributed by atoms with Crippen molar-refractivity contribution in [3.63, 3.8) is 0 Å². The first-order chi connectivity index (χ1) is 12.6. The standard InChI is InChI=1S/C18H20N6O2/c1-23-8-6-19-16(18(23)26)24-7-2-3-14(11-24)21-17(25)12-4-5-15-13(9-12)10-20-22-15/h4-6,8-10,14H,2-3,7,11H2,1H3,(H,20,22)(H,21,25)/t14-/m0/s1. The van der Waals surface area contributed by atoms with Crippen LogP contribution in [0.2, 0.25) is 0 Å². The number of hydrogen-bond donors (Lipinski definition) is 2. The van der Waals surface area contributed by atoms with Crippen LogP contribution in [0.15, 0.2) is 41.6 Å². The third kappa shape index (κ3) is 3.05. The summed E-state index contributed by atoms with van der Waals surface area (Å²) in [4.78, 5) is 31.1. The fourth-order valence-electron chi connectivity index (χ4n) is 3.34. The Balaban J connectivity index is 1.48. The highest BCUT2D eigenvalue weighted by atomic mass is 16.2. The maximum absolute atomic E-state index is 12.6. The van der Waals surface area contributed by atoms with Crippen LogP contribution in [-0.4, -0.2) is 44.8 Å². The lowest BCUT2D eigenvalue weighted by molar-refractivity contribution is 0.0933. The van der Waals surface area contributed by atoms with E-state index >= 15 is 0 Å². The summed E-state index contributed by atoms with van der Waals surface area (Å²) < 4.78 is 1.52. The zero-order valence-electron chi connectivity index (χ0n) is 14.5. The molecule has 0 aliphatic carbocycles. The second-order valence-corrected chi connectivity index (χ2v) is 6.60. The minimum Gasteiger partial charge on any atom is -0.350 e. The van der Waals surface area contributed by atoms with Gasteiger partial charge in [0.1, 0.15) is 0 Å². The van der Waals surface area contributed by atoms with Gasteiger partial charge in [-0.15, -0.1) is 0 Å². The van der Waals surface area contributed by atoms with E-state index in [1.807, 2.05) is 17.0 Å². The highest BCUT2D eigenvalue weighted by Gasteiger charge is 2.24. The second kappa shape index (κ2) is 6.62. The van der Waals surface area contributed by atoms with Crippen molar-refractivity contribution in [1.82, 2.24) is 25.1 Å².